The Morgan fingerprint density at radius 3 is 2.71 bits per heavy atom. The van der Waals surface area contributed by atoms with E-state index in [1.54, 1.807) is 18.2 Å². The summed E-state index contributed by atoms with van der Waals surface area (Å²) in [6, 6.07) is 6.95. The van der Waals surface area contributed by atoms with Crippen molar-refractivity contribution in [2.24, 2.45) is 0 Å². The maximum Gasteiger partial charge on any atom is 0.177 e. The highest BCUT2D eigenvalue weighted by molar-refractivity contribution is 9.10. The molecule has 2 rings (SSSR count). The molecule has 0 aliphatic heterocycles. The monoisotopic (exact) mass is 348 g/mol. The van der Waals surface area contributed by atoms with E-state index in [1.165, 1.54) is 11.3 Å². The minimum Gasteiger partial charge on any atom is -0.293 e. The van der Waals surface area contributed by atoms with Gasteiger partial charge in [0, 0.05) is 26.3 Å². The molecule has 17 heavy (non-hydrogen) atoms. The number of ketones is 1. The molecule has 0 aliphatic carbocycles. The van der Waals surface area contributed by atoms with Crippen LogP contribution in [0.1, 0.15) is 15.2 Å². The van der Waals surface area contributed by atoms with Gasteiger partial charge in [-0.3, -0.25) is 4.79 Å². The second-order valence-electron chi connectivity index (χ2n) is 3.46. The summed E-state index contributed by atoms with van der Waals surface area (Å²) in [6.45, 7) is 0. The number of thiophene rings is 1. The largest absolute Gasteiger partial charge is 0.293 e. The number of hydrogen-bond acceptors (Lipinski definition) is 2. The number of carbonyl (C=O) groups excluding carboxylic acids is 1. The summed E-state index contributed by atoms with van der Waals surface area (Å²) < 4.78 is 0.919. The summed E-state index contributed by atoms with van der Waals surface area (Å²) in [6.07, 6.45) is 0.270. The average Bonchev–Trinajstić information content (AvgIpc) is 2.70. The van der Waals surface area contributed by atoms with Gasteiger partial charge < -0.3 is 0 Å². The zero-order chi connectivity index (χ0) is 12.4. The number of halogens is 3. The molecule has 1 aromatic carbocycles. The second-order valence-corrected chi connectivity index (χ2v) is 6.14. The SMILES string of the molecule is O=C(Cc1cc(Cl)ccc1Cl)c1cc(Br)cs1. The molecule has 1 aromatic heterocycles. The van der Waals surface area contributed by atoms with Crippen LogP contribution in [0.4, 0.5) is 0 Å². The first-order valence-corrected chi connectivity index (χ1v) is 7.20. The van der Waals surface area contributed by atoms with Crippen LogP contribution in [-0.4, -0.2) is 5.78 Å². The van der Waals surface area contributed by atoms with Crippen LogP contribution in [0, 0.1) is 0 Å². The standard InChI is InChI=1S/C12H7BrCl2OS/c13-8-5-12(17-6-8)11(16)4-7-3-9(14)1-2-10(7)15/h1-3,5-6H,4H2. The fourth-order valence-electron chi connectivity index (χ4n) is 1.40. The van der Waals surface area contributed by atoms with E-state index >= 15 is 0 Å². The van der Waals surface area contributed by atoms with E-state index in [0.717, 1.165) is 10.0 Å². The summed E-state index contributed by atoms with van der Waals surface area (Å²) in [5.41, 5.74) is 0.758. The first-order chi connectivity index (χ1) is 8.06. The number of Topliss-reactive ketones (excluding diaryl/α,β-unsaturated/α-hetero) is 1. The third kappa shape index (κ3) is 3.32. The molecule has 0 N–H and O–H groups in total. The molecule has 0 fully saturated rings. The second kappa shape index (κ2) is 5.53. The maximum atomic E-state index is 12.0. The molecule has 1 heterocycles. The summed E-state index contributed by atoms with van der Waals surface area (Å²) in [7, 11) is 0. The number of hydrogen-bond donors (Lipinski definition) is 0. The van der Waals surface area contributed by atoms with Gasteiger partial charge in [-0.05, 0) is 45.8 Å². The minimum absolute atomic E-state index is 0.0462. The Morgan fingerprint density at radius 2 is 2.06 bits per heavy atom. The van der Waals surface area contributed by atoms with Crippen molar-refractivity contribution < 1.29 is 4.79 Å². The topological polar surface area (TPSA) is 17.1 Å². The number of benzene rings is 1. The molecule has 1 nitrogen and oxygen atoms in total. The molecule has 5 heteroatoms. The smallest absolute Gasteiger partial charge is 0.177 e. The first kappa shape index (κ1) is 13.1. The summed E-state index contributed by atoms with van der Waals surface area (Å²) in [5.74, 6) is 0.0462. The van der Waals surface area contributed by atoms with E-state index in [0.29, 0.717) is 14.9 Å². The summed E-state index contributed by atoms with van der Waals surface area (Å²) in [5, 5.41) is 3.04. The lowest BCUT2D eigenvalue weighted by molar-refractivity contribution is 0.0997. The Balaban J connectivity index is 2.21. The van der Waals surface area contributed by atoms with Gasteiger partial charge in [0.15, 0.2) is 5.78 Å². The highest BCUT2D eigenvalue weighted by Gasteiger charge is 2.12. The Morgan fingerprint density at radius 1 is 1.29 bits per heavy atom. The third-order valence-corrected chi connectivity index (χ3v) is 4.54. The van der Waals surface area contributed by atoms with Gasteiger partial charge in [-0.1, -0.05) is 23.2 Å². The van der Waals surface area contributed by atoms with Crippen molar-refractivity contribution in [3.8, 4) is 0 Å². The molecule has 0 bridgehead atoms. The van der Waals surface area contributed by atoms with Crippen molar-refractivity contribution in [3.63, 3.8) is 0 Å². The Hall–Kier alpha value is -0.350. The molecule has 0 atom stereocenters. The lowest BCUT2D eigenvalue weighted by Crippen LogP contribution is -2.01. The quantitative estimate of drug-likeness (QED) is 0.692. The molecule has 2 aromatic rings. The maximum absolute atomic E-state index is 12.0. The lowest BCUT2D eigenvalue weighted by atomic mass is 10.1. The number of rotatable bonds is 3. The molecule has 0 saturated carbocycles. The van der Waals surface area contributed by atoms with Gasteiger partial charge in [0.2, 0.25) is 0 Å². The van der Waals surface area contributed by atoms with E-state index in [4.69, 9.17) is 23.2 Å². The minimum atomic E-state index is 0.0462. The Labute approximate surface area is 121 Å². The van der Waals surface area contributed by atoms with Crippen molar-refractivity contribution in [3.05, 3.63) is 54.6 Å². The van der Waals surface area contributed by atoms with Crippen LogP contribution in [-0.2, 0) is 6.42 Å². The molecule has 0 radical (unpaired) electrons. The van der Waals surface area contributed by atoms with Gasteiger partial charge >= 0.3 is 0 Å². The summed E-state index contributed by atoms with van der Waals surface area (Å²) in [4.78, 5) is 12.7. The highest BCUT2D eigenvalue weighted by Crippen LogP contribution is 2.25. The van der Waals surface area contributed by atoms with Crippen LogP contribution in [0.2, 0.25) is 10.0 Å². The molecular formula is C12H7BrCl2OS. The van der Waals surface area contributed by atoms with E-state index in [9.17, 15) is 4.79 Å². The van der Waals surface area contributed by atoms with Crippen molar-refractivity contribution >= 4 is 56.3 Å². The first-order valence-electron chi connectivity index (χ1n) is 4.77. The Bertz CT molecular complexity index is 565. The fraction of sp³-hybridized carbons (Fsp3) is 0.0833. The molecule has 0 unspecified atom stereocenters. The van der Waals surface area contributed by atoms with E-state index in [1.807, 2.05) is 11.4 Å². The predicted molar refractivity (Wildman–Crippen MR) is 76.5 cm³/mol. The van der Waals surface area contributed by atoms with Crippen LogP contribution in [0.3, 0.4) is 0 Å². The molecule has 0 amide bonds. The van der Waals surface area contributed by atoms with Gasteiger partial charge in [0.05, 0.1) is 4.88 Å². The van der Waals surface area contributed by atoms with Crippen molar-refractivity contribution in [1.29, 1.82) is 0 Å². The van der Waals surface area contributed by atoms with Crippen LogP contribution in [0.25, 0.3) is 0 Å². The molecule has 0 spiro atoms. The van der Waals surface area contributed by atoms with Crippen molar-refractivity contribution in [2.75, 3.05) is 0 Å². The molecule has 0 aliphatic rings. The van der Waals surface area contributed by atoms with Gasteiger partial charge in [-0.2, -0.15) is 0 Å². The van der Waals surface area contributed by atoms with Gasteiger partial charge in [0.1, 0.15) is 0 Å². The Kier molecular flexibility index (Phi) is 4.26. The third-order valence-electron chi connectivity index (χ3n) is 2.20. The fourth-order valence-corrected chi connectivity index (χ4v) is 3.14. The van der Waals surface area contributed by atoms with Crippen molar-refractivity contribution in [2.45, 2.75) is 6.42 Å². The predicted octanol–water partition coefficient (Wildman–Crippen LogP) is 5.24. The molecular weight excluding hydrogens is 343 g/mol. The lowest BCUT2D eigenvalue weighted by Gasteiger charge is -2.03. The van der Waals surface area contributed by atoms with Gasteiger partial charge in [0.25, 0.3) is 0 Å². The van der Waals surface area contributed by atoms with Gasteiger partial charge in [-0.25, -0.2) is 0 Å². The van der Waals surface area contributed by atoms with Crippen LogP contribution < -0.4 is 0 Å². The van der Waals surface area contributed by atoms with E-state index in [2.05, 4.69) is 15.9 Å². The van der Waals surface area contributed by atoms with Crippen molar-refractivity contribution in [1.82, 2.24) is 0 Å². The normalized spacial score (nSPS) is 10.5. The van der Waals surface area contributed by atoms with Crippen LogP contribution in [0.5, 0.6) is 0 Å². The zero-order valence-corrected chi connectivity index (χ0v) is 12.5. The van der Waals surface area contributed by atoms with Crippen LogP contribution in [0.15, 0.2) is 34.1 Å². The average molecular weight is 350 g/mol. The zero-order valence-electron chi connectivity index (χ0n) is 8.54. The molecule has 0 saturated heterocycles. The van der Waals surface area contributed by atoms with Gasteiger partial charge in [-0.15, -0.1) is 11.3 Å². The van der Waals surface area contributed by atoms with Crippen LogP contribution >= 0.6 is 50.5 Å². The molecule has 88 valence electrons. The highest BCUT2D eigenvalue weighted by atomic mass is 79.9. The summed E-state index contributed by atoms with van der Waals surface area (Å²) >= 11 is 16.6. The van der Waals surface area contributed by atoms with E-state index in [-0.39, 0.29) is 12.2 Å². The van der Waals surface area contributed by atoms with E-state index < -0.39 is 0 Å². The number of carbonyl (C=O) groups is 1.